The molecule has 0 saturated carbocycles. The molecule has 3 rings (SSSR count). The van der Waals surface area contributed by atoms with E-state index in [0.717, 1.165) is 55.8 Å². The van der Waals surface area contributed by atoms with Gasteiger partial charge in [-0.05, 0) is 47.4 Å². The van der Waals surface area contributed by atoms with Gasteiger partial charge in [-0.3, -0.25) is 0 Å². The summed E-state index contributed by atoms with van der Waals surface area (Å²) < 4.78 is 25.9. The van der Waals surface area contributed by atoms with Gasteiger partial charge < -0.3 is 4.90 Å². The fraction of sp³-hybridized carbons (Fsp3) is 0.562. The van der Waals surface area contributed by atoms with Gasteiger partial charge in [0.2, 0.25) is 0 Å². The first-order chi connectivity index (χ1) is 11.5. The van der Waals surface area contributed by atoms with Crippen molar-refractivity contribution in [1.29, 1.82) is 0 Å². The summed E-state index contributed by atoms with van der Waals surface area (Å²) in [7, 11) is -3.22. The van der Waals surface area contributed by atoms with E-state index in [9.17, 15) is 8.42 Å². The largest absolute Gasteiger partial charge is 0.364 e. The van der Waals surface area contributed by atoms with Gasteiger partial charge in [0.1, 0.15) is 0 Å². The Balaban J connectivity index is 1.90. The minimum absolute atomic E-state index is 0.440. The molecule has 8 heteroatoms. The van der Waals surface area contributed by atoms with Crippen LogP contribution in [0.15, 0.2) is 23.1 Å². The van der Waals surface area contributed by atoms with E-state index in [-0.39, 0.29) is 0 Å². The third-order valence-electron chi connectivity index (χ3n) is 4.37. The average molecular weight is 349 g/mol. The number of sulfone groups is 1. The number of tetrazole rings is 1. The van der Waals surface area contributed by atoms with Crippen LogP contribution in [-0.4, -0.2) is 41.4 Å². The molecule has 1 aromatic carbocycles. The Hall–Kier alpha value is -1.96. The first kappa shape index (κ1) is 16.9. The van der Waals surface area contributed by atoms with Crippen LogP contribution < -0.4 is 4.90 Å². The fourth-order valence-corrected chi connectivity index (χ4v) is 4.15. The molecule has 24 heavy (non-hydrogen) atoms. The molecule has 0 aliphatic carbocycles. The van der Waals surface area contributed by atoms with E-state index in [1.165, 1.54) is 6.26 Å². The number of aryl methyl sites for hydroxylation is 1. The van der Waals surface area contributed by atoms with E-state index >= 15 is 0 Å². The number of aromatic nitrogens is 4. The number of fused-ring (bicyclic) bond motifs is 1. The zero-order chi connectivity index (χ0) is 17.2. The summed E-state index contributed by atoms with van der Waals surface area (Å²) in [6.07, 6.45) is 5.11. The van der Waals surface area contributed by atoms with E-state index < -0.39 is 9.84 Å². The van der Waals surface area contributed by atoms with Crippen LogP contribution in [0, 0.1) is 0 Å². The molecular weight excluding hydrogens is 326 g/mol. The molecule has 1 aliphatic rings. The molecule has 0 atom stereocenters. The third kappa shape index (κ3) is 3.43. The normalized spacial score (nSPS) is 14.7. The fourth-order valence-electron chi connectivity index (χ4n) is 3.17. The van der Waals surface area contributed by atoms with Crippen LogP contribution in [0.4, 0.5) is 5.69 Å². The highest BCUT2D eigenvalue weighted by atomic mass is 32.2. The molecule has 0 fully saturated rings. The van der Waals surface area contributed by atoms with Crippen molar-refractivity contribution in [2.24, 2.45) is 0 Å². The molecule has 0 radical (unpaired) electrons. The summed E-state index contributed by atoms with van der Waals surface area (Å²) in [5, 5.41) is 12.0. The van der Waals surface area contributed by atoms with Crippen LogP contribution >= 0.6 is 0 Å². The van der Waals surface area contributed by atoms with E-state index in [4.69, 9.17) is 0 Å². The molecular formula is C16H23N5O2S. The van der Waals surface area contributed by atoms with Gasteiger partial charge in [-0.1, -0.05) is 19.4 Å². The zero-order valence-corrected chi connectivity index (χ0v) is 15.0. The lowest BCUT2D eigenvalue weighted by Crippen LogP contribution is -2.31. The molecule has 2 heterocycles. The molecule has 0 N–H and O–H groups in total. The van der Waals surface area contributed by atoms with E-state index in [1.807, 2.05) is 16.8 Å². The molecule has 2 aromatic rings. The van der Waals surface area contributed by atoms with Gasteiger partial charge in [0.15, 0.2) is 15.7 Å². The predicted molar refractivity (Wildman–Crippen MR) is 91.6 cm³/mol. The van der Waals surface area contributed by atoms with Crippen molar-refractivity contribution in [2.45, 2.75) is 50.6 Å². The predicted octanol–water partition coefficient (Wildman–Crippen LogP) is 1.83. The van der Waals surface area contributed by atoms with Crippen molar-refractivity contribution in [3.05, 3.63) is 29.6 Å². The van der Waals surface area contributed by atoms with Gasteiger partial charge in [-0.2, -0.15) is 0 Å². The summed E-state index contributed by atoms with van der Waals surface area (Å²) in [6, 6.07) is 5.50. The molecule has 130 valence electrons. The average Bonchev–Trinajstić information content (AvgIpc) is 2.99. The summed E-state index contributed by atoms with van der Waals surface area (Å²) in [4.78, 5) is 2.62. The standard InChI is InChI=1S/C16H23N5O2S/c1-3-4-11-21-16(17-18-19-21)12-20-10-6-7-13-14(20)8-5-9-15(13)24(2,22)23/h5,8-9H,3-4,6-7,10-12H2,1-2H3. The number of hydrogen-bond acceptors (Lipinski definition) is 6. The Morgan fingerprint density at radius 3 is 2.88 bits per heavy atom. The lowest BCUT2D eigenvalue weighted by molar-refractivity contribution is 0.525. The van der Waals surface area contributed by atoms with E-state index in [2.05, 4.69) is 27.3 Å². The molecule has 0 spiro atoms. The SMILES string of the molecule is CCCCn1nnnc1CN1CCCc2c1cccc2S(C)(=O)=O. The van der Waals surface area contributed by atoms with Gasteiger partial charge in [0, 0.05) is 25.0 Å². The Kier molecular flexibility index (Phi) is 4.84. The summed E-state index contributed by atoms with van der Waals surface area (Å²) in [5.41, 5.74) is 1.90. The lowest BCUT2D eigenvalue weighted by atomic mass is 10.0. The van der Waals surface area contributed by atoms with Gasteiger partial charge in [0.05, 0.1) is 11.4 Å². The van der Waals surface area contributed by atoms with E-state index in [0.29, 0.717) is 11.4 Å². The highest BCUT2D eigenvalue weighted by Gasteiger charge is 2.24. The quantitative estimate of drug-likeness (QED) is 0.791. The molecule has 0 saturated heterocycles. The van der Waals surface area contributed by atoms with Crippen molar-refractivity contribution in [3.8, 4) is 0 Å². The highest BCUT2D eigenvalue weighted by Crippen LogP contribution is 2.32. The molecule has 0 bridgehead atoms. The number of hydrogen-bond donors (Lipinski definition) is 0. The highest BCUT2D eigenvalue weighted by molar-refractivity contribution is 7.90. The third-order valence-corrected chi connectivity index (χ3v) is 5.55. The van der Waals surface area contributed by atoms with Crippen LogP contribution in [0.1, 0.15) is 37.6 Å². The first-order valence-electron chi connectivity index (χ1n) is 8.32. The number of rotatable bonds is 6. The van der Waals surface area contributed by atoms with Gasteiger partial charge in [0.25, 0.3) is 0 Å². The van der Waals surface area contributed by atoms with E-state index in [1.54, 1.807) is 6.07 Å². The summed E-state index contributed by atoms with van der Waals surface area (Å²) in [6.45, 7) is 4.41. The maximum absolute atomic E-state index is 12.0. The number of benzene rings is 1. The van der Waals surface area contributed by atoms with Crippen molar-refractivity contribution >= 4 is 15.5 Å². The Morgan fingerprint density at radius 1 is 1.29 bits per heavy atom. The van der Waals surface area contributed by atoms with Crippen molar-refractivity contribution in [1.82, 2.24) is 20.2 Å². The minimum atomic E-state index is -3.22. The molecule has 7 nitrogen and oxygen atoms in total. The van der Waals surface area contributed by atoms with Gasteiger partial charge >= 0.3 is 0 Å². The van der Waals surface area contributed by atoms with Crippen LogP contribution in [-0.2, 0) is 29.3 Å². The van der Waals surface area contributed by atoms with Crippen LogP contribution in [0.3, 0.4) is 0 Å². The van der Waals surface area contributed by atoms with Gasteiger partial charge in [-0.15, -0.1) is 5.10 Å². The maximum Gasteiger partial charge on any atom is 0.175 e. The van der Waals surface area contributed by atoms with Crippen LogP contribution in [0.2, 0.25) is 0 Å². The Labute approximate surface area is 142 Å². The van der Waals surface area contributed by atoms with Crippen molar-refractivity contribution in [2.75, 3.05) is 17.7 Å². The zero-order valence-electron chi connectivity index (χ0n) is 14.1. The molecule has 0 unspecified atom stereocenters. The Morgan fingerprint density at radius 2 is 2.12 bits per heavy atom. The second kappa shape index (κ2) is 6.88. The van der Waals surface area contributed by atoms with Crippen LogP contribution in [0.5, 0.6) is 0 Å². The lowest BCUT2D eigenvalue weighted by Gasteiger charge is -2.31. The van der Waals surface area contributed by atoms with Crippen LogP contribution in [0.25, 0.3) is 0 Å². The molecule has 1 aliphatic heterocycles. The topological polar surface area (TPSA) is 81.0 Å². The second-order valence-corrected chi connectivity index (χ2v) is 8.21. The first-order valence-corrected chi connectivity index (χ1v) is 10.2. The van der Waals surface area contributed by atoms with Crippen molar-refractivity contribution < 1.29 is 8.42 Å². The summed E-state index contributed by atoms with van der Waals surface area (Å²) >= 11 is 0. The molecule has 0 amide bonds. The van der Waals surface area contributed by atoms with Crippen molar-refractivity contribution in [3.63, 3.8) is 0 Å². The number of unbranched alkanes of at least 4 members (excludes halogenated alkanes) is 1. The monoisotopic (exact) mass is 349 g/mol. The number of anilines is 1. The summed E-state index contributed by atoms with van der Waals surface area (Å²) in [5.74, 6) is 0.820. The number of nitrogens with zero attached hydrogens (tertiary/aromatic N) is 5. The molecule has 1 aromatic heterocycles. The maximum atomic E-state index is 12.0. The minimum Gasteiger partial charge on any atom is -0.364 e. The second-order valence-electron chi connectivity index (χ2n) is 6.22. The van der Waals surface area contributed by atoms with Gasteiger partial charge in [-0.25, -0.2) is 13.1 Å². The Bertz CT molecular complexity index is 816. The smallest absolute Gasteiger partial charge is 0.175 e.